The molecule has 0 bridgehead atoms. The Kier molecular flexibility index (Phi) is 3.01. The van der Waals surface area contributed by atoms with Gasteiger partial charge in [-0.05, 0) is 38.5 Å². The van der Waals surface area contributed by atoms with Crippen LogP contribution in [0.2, 0.25) is 0 Å². The number of rotatable bonds is 4. The van der Waals surface area contributed by atoms with Crippen LogP contribution in [0.25, 0.3) is 0 Å². The number of quaternary nitrogens is 1. The molecule has 0 aliphatic heterocycles. The van der Waals surface area contributed by atoms with Crippen molar-refractivity contribution in [2.45, 2.75) is 50.6 Å². The number of amides is 1. The van der Waals surface area contributed by atoms with Crippen molar-refractivity contribution < 1.29 is 9.28 Å². The zero-order valence-corrected chi connectivity index (χ0v) is 9.96. The maximum Gasteiger partial charge on any atom is 0.275 e. The highest BCUT2D eigenvalue weighted by molar-refractivity contribution is 5.77. The molecule has 0 aromatic carbocycles. The van der Waals surface area contributed by atoms with Gasteiger partial charge in [-0.25, -0.2) is 0 Å². The molecule has 2 aliphatic rings. The van der Waals surface area contributed by atoms with E-state index in [1.54, 1.807) is 0 Å². The Morgan fingerprint density at radius 2 is 1.80 bits per heavy atom. The van der Waals surface area contributed by atoms with Gasteiger partial charge in [-0.2, -0.15) is 0 Å². The minimum absolute atomic E-state index is 0.245. The highest BCUT2D eigenvalue weighted by Gasteiger charge is 2.34. The second kappa shape index (κ2) is 4.12. The maximum atomic E-state index is 11.7. The monoisotopic (exact) mass is 211 g/mol. The van der Waals surface area contributed by atoms with Gasteiger partial charge in [0.2, 0.25) is 0 Å². The molecule has 0 spiro atoms. The van der Waals surface area contributed by atoms with Crippen molar-refractivity contribution in [3.05, 3.63) is 0 Å². The molecule has 0 unspecified atom stereocenters. The molecule has 2 fully saturated rings. The molecule has 0 atom stereocenters. The normalized spacial score (nSPS) is 23.1. The lowest BCUT2D eigenvalue weighted by Gasteiger charge is -2.35. The number of carbonyl (C=O) groups is 1. The smallest absolute Gasteiger partial charge is 0.275 e. The summed E-state index contributed by atoms with van der Waals surface area (Å²) in [7, 11) is 4.39. The van der Waals surface area contributed by atoms with Crippen molar-refractivity contribution in [2.24, 2.45) is 0 Å². The van der Waals surface area contributed by atoms with Crippen LogP contribution in [0.5, 0.6) is 0 Å². The number of carbonyl (C=O) groups excluding carboxylic acids is 1. The number of hydrogen-bond donors (Lipinski definition) is 1. The summed E-state index contributed by atoms with van der Waals surface area (Å²) in [5.74, 6) is 0.245. The van der Waals surface area contributed by atoms with Gasteiger partial charge in [-0.15, -0.1) is 0 Å². The van der Waals surface area contributed by atoms with Crippen LogP contribution in [0.4, 0.5) is 0 Å². The number of hydrogen-bond acceptors (Lipinski definition) is 1. The Bertz CT molecular complexity index is 240. The molecule has 0 radical (unpaired) electrons. The predicted octanol–water partition coefficient (Wildman–Crippen LogP) is 1.28. The summed E-state index contributed by atoms with van der Waals surface area (Å²) in [6.45, 7) is 0.654. The lowest BCUT2D eigenvalue weighted by Crippen LogP contribution is -2.53. The summed E-state index contributed by atoms with van der Waals surface area (Å²) < 4.78 is 0.874. The summed E-state index contributed by atoms with van der Waals surface area (Å²) >= 11 is 0. The van der Waals surface area contributed by atoms with Crippen LogP contribution < -0.4 is 5.32 Å². The van der Waals surface area contributed by atoms with Gasteiger partial charge < -0.3 is 9.80 Å². The van der Waals surface area contributed by atoms with E-state index in [0.29, 0.717) is 18.6 Å². The second-order valence-corrected chi connectivity index (χ2v) is 5.72. The molecule has 0 aromatic heterocycles. The Morgan fingerprint density at radius 3 is 2.33 bits per heavy atom. The minimum atomic E-state index is 0.245. The number of nitrogens with zero attached hydrogens (tertiary/aromatic N) is 1. The van der Waals surface area contributed by atoms with Crippen molar-refractivity contribution in [1.82, 2.24) is 5.32 Å². The highest BCUT2D eigenvalue weighted by Crippen LogP contribution is 2.26. The van der Waals surface area contributed by atoms with Crippen molar-refractivity contribution in [1.29, 1.82) is 0 Å². The third-order valence-electron chi connectivity index (χ3n) is 3.81. The Balaban J connectivity index is 1.81. The predicted molar refractivity (Wildman–Crippen MR) is 60.4 cm³/mol. The quantitative estimate of drug-likeness (QED) is 0.697. The summed E-state index contributed by atoms with van der Waals surface area (Å²) in [5, 5.41) is 3.08. The van der Waals surface area contributed by atoms with E-state index in [4.69, 9.17) is 0 Å². The molecular formula is C12H23N2O+. The van der Waals surface area contributed by atoms with Crippen molar-refractivity contribution in [3.63, 3.8) is 0 Å². The summed E-state index contributed by atoms with van der Waals surface area (Å²) in [5.41, 5.74) is 0. The van der Waals surface area contributed by atoms with E-state index < -0.39 is 0 Å². The van der Waals surface area contributed by atoms with Crippen LogP contribution in [-0.2, 0) is 4.79 Å². The minimum Gasteiger partial charge on any atom is -0.348 e. The van der Waals surface area contributed by atoms with E-state index >= 15 is 0 Å². The second-order valence-electron chi connectivity index (χ2n) is 5.72. The zero-order valence-electron chi connectivity index (χ0n) is 9.96. The molecule has 2 aliphatic carbocycles. The van der Waals surface area contributed by atoms with Gasteiger partial charge in [0.05, 0.1) is 20.1 Å². The molecule has 3 nitrogen and oxygen atoms in total. The molecule has 15 heavy (non-hydrogen) atoms. The van der Waals surface area contributed by atoms with Gasteiger partial charge in [-0.3, -0.25) is 4.79 Å². The maximum absolute atomic E-state index is 11.7. The van der Waals surface area contributed by atoms with Gasteiger partial charge in [0, 0.05) is 6.04 Å². The third kappa shape index (κ3) is 2.94. The summed E-state index contributed by atoms with van der Waals surface area (Å²) in [6.07, 6.45) is 7.64. The van der Waals surface area contributed by atoms with Gasteiger partial charge in [0.25, 0.3) is 5.91 Å². The fourth-order valence-electron chi connectivity index (χ4n) is 2.60. The van der Waals surface area contributed by atoms with Gasteiger partial charge in [0.15, 0.2) is 6.54 Å². The van der Waals surface area contributed by atoms with Crippen molar-refractivity contribution in [3.8, 4) is 0 Å². The van der Waals surface area contributed by atoms with Crippen LogP contribution in [0.1, 0.15) is 38.5 Å². The lowest BCUT2D eigenvalue weighted by atomic mass is 10.2. The summed E-state index contributed by atoms with van der Waals surface area (Å²) in [6, 6.07) is 1.20. The van der Waals surface area contributed by atoms with Crippen LogP contribution >= 0.6 is 0 Å². The van der Waals surface area contributed by atoms with Crippen LogP contribution in [-0.4, -0.2) is 43.1 Å². The molecule has 0 aromatic rings. The third-order valence-corrected chi connectivity index (χ3v) is 3.81. The number of nitrogens with one attached hydrogen (secondary N) is 1. The molecule has 2 rings (SSSR count). The largest absolute Gasteiger partial charge is 0.348 e. The van der Waals surface area contributed by atoms with Gasteiger partial charge in [-0.1, -0.05) is 0 Å². The topological polar surface area (TPSA) is 29.1 Å². The van der Waals surface area contributed by atoms with Crippen molar-refractivity contribution >= 4 is 5.91 Å². The van der Waals surface area contributed by atoms with E-state index in [-0.39, 0.29) is 5.91 Å². The SMILES string of the molecule is C[N+](C)(CC(=O)NC1CC1)C1CCCC1. The van der Waals surface area contributed by atoms with Gasteiger partial charge in [0.1, 0.15) is 0 Å². The molecule has 3 heteroatoms. The summed E-state index contributed by atoms with van der Waals surface area (Å²) in [4.78, 5) is 11.7. The van der Waals surface area contributed by atoms with E-state index in [1.165, 1.54) is 38.5 Å². The first-order valence-corrected chi connectivity index (χ1v) is 6.20. The standard InChI is InChI=1S/C12H22N2O/c1-14(2,11-5-3-4-6-11)9-12(15)13-10-7-8-10/h10-11H,3-9H2,1-2H3/p+1. The average molecular weight is 211 g/mol. The molecule has 2 saturated carbocycles. The first kappa shape index (κ1) is 10.9. The van der Waals surface area contributed by atoms with Crippen LogP contribution in [0.15, 0.2) is 0 Å². The van der Waals surface area contributed by atoms with Crippen LogP contribution in [0, 0.1) is 0 Å². The molecule has 86 valence electrons. The zero-order chi connectivity index (χ0) is 10.9. The molecule has 0 saturated heterocycles. The van der Waals surface area contributed by atoms with E-state index in [2.05, 4.69) is 19.4 Å². The Morgan fingerprint density at radius 1 is 1.20 bits per heavy atom. The molecular weight excluding hydrogens is 188 g/mol. The van der Waals surface area contributed by atoms with Crippen molar-refractivity contribution in [2.75, 3.05) is 20.6 Å². The van der Waals surface area contributed by atoms with Gasteiger partial charge >= 0.3 is 0 Å². The number of likely N-dealkylation sites (N-methyl/N-ethyl adjacent to an activating group) is 1. The first-order valence-electron chi connectivity index (χ1n) is 6.20. The Hall–Kier alpha value is -0.570. The first-order chi connectivity index (χ1) is 7.08. The van der Waals surface area contributed by atoms with E-state index in [9.17, 15) is 4.79 Å². The molecule has 1 N–H and O–H groups in total. The highest BCUT2D eigenvalue weighted by atomic mass is 16.2. The Labute approximate surface area is 92.4 Å². The average Bonchev–Trinajstić information content (AvgIpc) is 2.79. The van der Waals surface area contributed by atoms with E-state index in [1.807, 2.05) is 0 Å². The lowest BCUT2D eigenvalue weighted by molar-refractivity contribution is -0.906. The fourth-order valence-corrected chi connectivity index (χ4v) is 2.60. The molecule has 0 heterocycles. The van der Waals surface area contributed by atoms with E-state index in [0.717, 1.165) is 4.48 Å². The van der Waals surface area contributed by atoms with Crippen LogP contribution in [0.3, 0.4) is 0 Å². The molecule has 1 amide bonds. The fraction of sp³-hybridized carbons (Fsp3) is 0.917.